The molecule has 0 aromatic heterocycles. The van der Waals surface area contributed by atoms with Gasteiger partial charge in [0.15, 0.2) is 0 Å². The number of carboxylic acid groups (broad SMARTS) is 2. The van der Waals surface area contributed by atoms with Gasteiger partial charge in [-0.3, -0.25) is 9.59 Å². The summed E-state index contributed by atoms with van der Waals surface area (Å²) in [7, 11) is 0. The summed E-state index contributed by atoms with van der Waals surface area (Å²) in [6, 6.07) is 10.4. The molecule has 4 N–H and O–H groups in total. The number of hydrogen-bond donors (Lipinski definition) is 4. The number of hydrogen-bond acceptors (Lipinski definition) is 6. The third-order valence-electron chi connectivity index (χ3n) is 3.23. The van der Waals surface area contributed by atoms with E-state index < -0.39 is 24.4 Å². The van der Waals surface area contributed by atoms with Gasteiger partial charge in [-0.25, -0.2) is 4.79 Å². The van der Waals surface area contributed by atoms with Crippen LogP contribution in [0.1, 0.15) is 15.9 Å². The van der Waals surface area contributed by atoms with E-state index in [-0.39, 0.29) is 23.4 Å². The number of aromatic hydroxyl groups is 1. The topological polar surface area (TPSA) is 149 Å². The zero-order valence-electron chi connectivity index (χ0n) is 13.4. The molecule has 26 heavy (non-hydrogen) atoms. The largest absolute Gasteiger partial charge is 0.507 e. The van der Waals surface area contributed by atoms with Crippen LogP contribution in [-0.2, 0) is 16.0 Å². The molecule has 0 unspecified atom stereocenters. The molecule has 0 bridgehead atoms. The van der Waals surface area contributed by atoms with Gasteiger partial charge >= 0.3 is 11.9 Å². The minimum atomic E-state index is -1.27. The number of phenols is 1. The Kier molecular flexibility index (Phi) is 5.99. The van der Waals surface area contributed by atoms with Crippen molar-refractivity contribution >= 4 is 29.2 Å². The van der Waals surface area contributed by atoms with Crippen LogP contribution >= 0.6 is 0 Å². The normalized spacial score (nSPS) is 10.6. The van der Waals surface area contributed by atoms with E-state index in [9.17, 15) is 19.5 Å². The van der Waals surface area contributed by atoms with Crippen molar-refractivity contribution in [3.63, 3.8) is 0 Å². The summed E-state index contributed by atoms with van der Waals surface area (Å²) in [5.74, 6) is -3.16. The molecule has 1 amide bonds. The van der Waals surface area contributed by atoms with E-state index in [0.717, 1.165) is 0 Å². The third kappa shape index (κ3) is 5.41. The van der Waals surface area contributed by atoms with Gasteiger partial charge in [0.25, 0.3) is 0 Å². The average Bonchev–Trinajstić information content (AvgIpc) is 2.60. The molecule has 0 aliphatic carbocycles. The SMILES string of the molecule is O=C(O)CNC(=O)Cc1ccc(/N=N/c2ccc(O)c(C(=O)O)c2)cc1. The highest BCUT2D eigenvalue weighted by molar-refractivity contribution is 5.91. The van der Waals surface area contributed by atoms with Crippen molar-refractivity contribution in [2.45, 2.75) is 6.42 Å². The summed E-state index contributed by atoms with van der Waals surface area (Å²) in [5, 5.41) is 37.0. The molecule has 0 saturated carbocycles. The Hall–Kier alpha value is -3.75. The van der Waals surface area contributed by atoms with Gasteiger partial charge in [-0.1, -0.05) is 12.1 Å². The van der Waals surface area contributed by atoms with Gasteiger partial charge in [-0.15, -0.1) is 0 Å². The molecule has 0 saturated heterocycles. The van der Waals surface area contributed by atoms with Crippen molar-refractivity contribution in [2.24, 2.45) is 10.2 Å². The number of aromatic carboxylic acids is 1. The van der Waals surface area contributed by atoms with Gasteiger partial charge in [-0.05, 0) is 35.9 Å². The van der Waals surface area contributed by atoms with Gasteiger partial charge in [0.2, 0.25) is 5.91 Å². The Morgan fingerprint density at radius 1 is 0.923 bits per heavy atom. The Balaban J connectivity index is 2.01. The van der Waals surface area contributed by atoms with E-state index in [1.165, 1.54) is 18.2 Å². The first kappa shape index (κ1) is 18.6. The Morgan fingerprint density at radius 2 is 1.54 bits per heavy atom. The quantitative estimate of drug-likeness (QED) is 0.558. The van der Waals surface area contributed by atoms with Crippen molar-refractivity contribution in [1.29, 1.82) is 0 Å². The highest BCUT2D eigenvalue weighted by Gasteiger charge is 2.10. The van der Waals surface area contributed by atoms with E-state index in [0.29, 0.717) is 11.3 Å². The summed E-state index contributed by atoms with van der Waals surface area (Å²) >= 11 is 0. The molecule has 0 radical (unpaired) electrons. The second kappa shape index (κ2) is 8.38. The molecule has 134 valence electrons. The number of carboxylic acids is 2. The predicted molar refractivity (Wildman–Crippen MR) is 90.0 cm³/mol. The maximum atomic E-state index is 11.5. The minimum absolute atomic E-state index is 0.0324. The lowest BCUT2D eigenvalue weighted by atomic mass is 10.1. The van der Waals surface area contributed by atoms with Crippen LogP contribution in [0.5, 0.6) is 5.75 Å². The molecule has 2 rings (SSSR count). The summed E-state index contributed by atoms with van der Waals surface area (Å²) in [5.41, 5.74) is 1.13. The van der Waals surface area contributed by atoms with E-state index in [2.05, 4.69) is 15.5 Å². The summed E-state index contributed by atoms with van der Waals surface area (Å²) in [6.45, 7) is -0.434. The fourth-order valence-electron chi connectivity index (χ4n) is 1.98. The Labute approximate surface area is 147 Å². The maximum Gasteiger partial charge on any atom is 0.339 e. The lowest BCUT2D eigenvalue weighted by Gasteiger charge is -2.03. The van der Waals surface area contributed by atoms with Crippen LogP contribution < -0.4 is 5.32 Å². The van der Waals surface area contributed by atoms with Crippen LogP contribution in [-0.4, -0.2) is 39.7 Å². The highest BCUT2D eigenvalue weighted by Crippen LogP contribution is 2.25. The molecule has 0 fully saturated rings. The monoisotopic (exact) mass is 357 g/mol. The first-order valence-corrected chi connectivity index (χ1v) is 7.40. The predicted octanol–water partition coefficient (Wildman–Crippen LogP) is 2.25. The second-order valence-corrected chi connectivity index (χ2v) is 5.22. The van der Waals surface area contributed by atoms with Crippen molar-refractivity contribution in [3.8, 4) is 5.75 Å². The molecule has 0 heterocycles. The van der Waals surface area contributed by atoms with Crippen LogP contribution in [0.15, 0.2) is 52.7 Å². The number of aliphatic carboxylic acids is 1. The summed E-state index contributed by atoms with van der Waals surface area (Å²) in [4.78, 5) is 32.9. The molecule has 0 spiro atoms. The van der Waals surface area contributed by atoms with Gasteiger partial charge < -0.3 is 20.6 Å². The number of amides is 1. The number of carbonyl (C=O) groups excluding carboxylic acids is 1. The second-order valence-electron chi connectivity index (χ2n) is 5.22. The Bertz CT molecular complexity index is 861. The summed E-state index contributed by atoms with van der Waals surface area (Å²) < 4.78 is 0. The zero-order chi connectivity index (χ0) is 19.1. The van der Waals surface area contributed by atoms with Crippen molar-refractivity contribution in [3.05, 3.63) is 53.6 Å². The fraction of sp³-hybridized carbons (Fsp3) is 0.118. The van der Waals surface area contributed by atoms with Gasteiger partial charge in [0, 0.05) is 0 Å². The van der Waals surface area contributed by atoms with Crippen molar-refractivity contribution in [1.82, 2.24) is 5.32 Å². The number of rotatable bonds is 7. The Morgan fingerprint density at radius 3 is 2.15 bits per heavy atom. The first-order chi connectivity index (χ1) is 12.3. The number of carbonyl (C=O) groups is 3. The molecule has 9 nitrogen and oxygen atoms in total. The number of azo groups is 1. The van der Waals surface area contributed by atoms with Gasteiger partial charge in [0.05, 0.1) is 17.8 Å². The van der Waals surface area contributed by atoms with E-state index >= 15 is 0 Å². The van der Waals surface area contributed by atoms with Crippen molar-refractivity contribution < 1.29 is 29.7 Å². The maximum absolute atomic E-state index is 11.5. The molecule has 0 aliphatic heterocycles. The highest BCUT2D eigenvalue weighted by atomic mass is 16.4. The number of nitrogens with one attached hydrogen (secondary N) is 1. The van der Waals surface area contributed by atoms with Crippen LogP contribution in [0.25, 0.3) is 0 Å². The summed E-state index contributed by atoms with van der Waals surface area (Å²) in [6.07, 6.45) is 0.0324. The van der Waals surface area contributed by atoms with E-state index in [1.54, 1.807) is 24.3 Å². The fourth-order valence-corrected chi connectivity index (χ4v) is 1.98. The first-order valence-electron chi connectivity index (χ1n) is 7.40. The van der Waals surface area contributed by atoms with E-state index in [4.69, 9.17) is 10.2 Å². The van der Waals surface area contributed by atoms with Crippen molar-refractivity contribution in [2.75, 3.05) is 6.54 Å². The lowest BCUT2D eigenvalue weighted by Crippen LogP contribution is -2.30. The number of nitrogens with zero attached hydrogens (tertiary/aromatic N) is 2. The van der Waals surface area contributed by atoms with Crippen LogP contribution in [0.3, 0.4) is 0 Å². The molecular weight excluding hydrogens is 342 g/mol. The lowest BCUT2D eigenvalue weighted by molar-refractivity contribution is -0.137. The molecule has 2 aromatic carbocycles. The zero-order valence-corrected chi connectivity index (χ0v) is 13.4. The molecule has 9 heteroatoms. The standard InChI is InChI=1S/C17H15N3O6/c21-14-6-5-12(8-13(14)17(25)26)20-19-11-3-1-10(2-4-11)7-15(22)18-9-16(23)24/h1-6,8,21H,7,9H2,(H,18,22)(H,23,24)(H,25,26)/b20-19+. The third-order valence-corrected chi connectivity index (χ3v) is 3.23. The van der Waals surface area contributed by atoms with E-state index in [1.807, 2.05) is 0 Å². The van der Waals surface area contributed by atoms with Gasteiger partial charge in [0.1, 0.15) is 17.9 Å². The minimum Gasteiger partial charge on any atom is -0.507 e. The van der Waals surface area contributed by atoms with Gasteiger partial charge in [-0.2, -0.15) is 10.2 Å². The number of benzene rings is 2. The average molecular weight is 357 g/mol. The van der Waals surface area contributed by atoms with Crippen LogP contribution in [0, 0.1) is 0 Å². The van der Waals surface area contributed by atoms with Crippen LogP contribution in [0.2, 0.25) is 0 Å². The molecule has 0 atom stereocenters. The smallest absolute Gasteiger partial charge is 0.339 e. The molecule has 2 aromatic rings. The molecular formula is C17H15N3O6. The van der Waals surface area contributed by atoms with Crippen LogP contribution in [0.4, 0.5) is 11.4 Å². The molecule has 0 aliphatic rings.